The van der Waals surface area contributed by atoms with E-state index in [2.05, 4.69) is 21.6 Å². The maximum atomic E-state index is 12.7. The molecule has 3 aromatic rings. The van der Waals surface area contributed by atoms with Gasteiger partial charge in [-0.15, -0.1) is 0 Å². The third kappa shape index (κ3) is 3.79. The van der Waals surface area contributed by atoms with Crippen molar-refractivity contribution >= 4 is 26.7 Å². The van der Waals surface area contributed by atoms with Crippen molar-refractivity contribution in [3.8, 4) is 0 Å². The van der Waals surface area contributed by atoms with Gasteiger partial charge in [0.2, 0.25) is 0 Å². The van der Waals surface area contributed by atoms with E-state index in [-0.39, 0.29) is 4.90 Å². The van der Waals surface area contributed by atoms with Gasteiger partial charge < -0.3 is 0 Å². The van der Waals surface area contributed by atoms with E-state index in [1.807, 2.05) is 19.9 Å². The van der Waals surface area contributed by atoms with Gasteiger partial charge in [0.25, 0.3) is 10.0 Å². The second kappa shape index (κ2) is 6.80. The zero-order valence-corrected chi connectivity index (χ0v) is 15.4. The molecule has 0 aliphatic heterocycles. The van der Waals surface area contributed by atoms with Crippen molar-refractivity contribution in [2.24, 2.45) is 0 Å². The fourth-order valence-electron chi connectivity index (χ4n) is 2.67. The second-order valence-electron chi connectivity index (χ2n) is 6.10. The molecule has 0 amide bonds. The van der Waals surface area contributed by atoms with Crippen LogP contribution in [0.4, 0.5) is 5.69 Å². The molecule has 6 heteroatoms. The molecule has 0 radical (unpaired) electrons. The molecule has 1 N–H and O–H groups in total. The Morgan fingerprint density at radius 2 is 1.68 bits per heavy atom. The smallest absolute Gasteiger partial charge is 0.261 e. The third-order valence-electron chi connectivity index (χ3n) is 4.07. The van der Waals surface area contributed by atoms with Gasteiger partial charge in [0.05, 0.1) is 33.0 Å². The summed E-state index contributed by atoms with van der Waals surface area (Å²) >= 11 is 0. The van der Waals surface area contributed by atoms with Gasteiger partial charge in [0.1, 0.15) is 0 Å². The first-order chi connectivity index (χ1) is 11.9. The molecule has 0 spiro atoms. The molecule has 0 saturated carbocycles. The van der Waals surface area contributed by atoms with E-state index in [4.69, 9.17) is 0 Å². The van der Waals surface area contributed by atoms with Gasteiger partial charge in [-0.2, -0.15) is 0 Å². The van der Waals surface area contributed by atoms with Crippen LogP contribution in [0.25, 0.3) is 11.0 Å². The highest BCUT2D eigenvalue weighted by Gasteiger charge is 2.15. The Hall–Kier alpha value is -2.47. The molecule has 25 heavy (non-hydrogen) atoms. The monoisotopic (exact) mass is 355 g/mol. The maximum absolute atomic E-state index is 12.7. The van der Waals surface area contributed by atoms with Crippen LogP contribution in [0, 0.1) is 13.8 Å². The van der Waals surface area contributed by atoms with Crippen LogP contribution in [0.15, 0.2) is 47.4 Å². The zero-order valence-electron chi connectivity index (χ0n) is 14.6. The zero-order chi connectivity index (χ0) is 18.0. The molecule has 0 bridgehead atoms. The summed E-state index contributed by atoms with van der Waals surface area (Å²) in [6.07, 6.45) is 1.83. The van der Waals surface area contributed by atoms with Crippen LogP contribution in [0.5, 0.6) is 0 Å². The highest BCUT2D eigenvalue weighted by Crippen LogP contribution is 2.21. The van der Waals surface area contributed by atoms with Crippen molar-refractivity contribution in [1.82, 2.24) is 9.97 Å². The number of fused-ring (bicyclic) bond motifs is 1. The van der Waals surface area contributed by atoms with Crippen molar-refractivity contribution in [1.29, 1.82) is 0 Å². The number of sulfonamides is 1. The lowest BCUT2D eigenvalue weighted by atomic mass is 10.1. The van der Waals surface area contributed by atoms with E-state index >= 15 is 0 Å². The topological polar surface area (TPSA) is 72.0 Å². The van der Waals surface area contributed by atoms with Gasteiger partial charge in [0, 0.05) is 0 Å². The number of hydrogen-bond donors (Lipinski definition) is 1. The number of rotatable bonds is 5. The Morgan fingerprint density at radius 3 is 2.40 bits per heavy atom. The summed E-state index contributed by atoms with van der Waals surface area (Å²) in [6.45, 7) is 5.86. The van der Waals surface area contributed by atoms with Crippen LogP contribution in [-0.4, -0.2) is 18.4 Å². The van der Waals surface area contributed by atoms with Crippen LogP contribution in [0.3, 0.4) is 0 Å². The van der Waals surface area contributed by atoms with Gasteiger partial charge in [0.15, 0.2) is 0 Å². The quantitative estimate of drug-likeness (QED) is 0.751. The SMILES string of the molecule is CCCc1cccc(S(=O)(=O)Nc2ccc3nc(C)c(C)nc3c2)c1. The minimum atomic E-state index is -3.64. The standard InChI is InChI=1S/C19H21N3O2S/c1-4-6-15-7-5-8-17(11-15)25(23,24)22-16-9-10-18-19(12-16)21-14(3)13(2)20-18/h5,7-12,22H,4,6H2,1-3H3. The first-order valence-corrected chi connectivity index (χ1v) is 9.74. The summed E-state index contributed by atoms with van der Waals surface area (Å²) in [5.74, 6) is 0. The summed E-state index contributed by atoms with van der Waals surface area (Å²) in [5, 5.41) is 0. The van der Waals surface area contributed by atoms with Crippen molar-refractivity contribution in [2.75, 3.05) is 4.72 Å². The highest BCUT2D eigenvalue weighted by atomic mass is 32.2. The lowest BCUT2D eigenvalue weighted by molar-refractivity contribution is 0.601. The number of benzene rings is 2. The van der Waals surface area contributed by atoms with E-state index < -0.39 is 10.0 Å². The number of nitrogens with zero attached hydrogens (tertiary/aromatic N) is 2. The Balaban J connectivity index is 1.94. The summed E-state index contributed by atoms with van der Waals surface area (Å²) in [4.78, 5) is 9.21. The first kappa shape index (κ1) is 17.4. The first-order valence-electron chi connectivity index (χ1n) is 8.26. The van der Waals surface area contributed by atoms with Crippen LogP contribution in [-0.2, 0) is 16.4 Å². The predicted octanol–water partition coefficient (Wildman–Crippen LogP) is 4.00. The average Bonchev–Trinajstić information content (AvgIpc) is 2.56. The van der Waals surface area contributed by atoms with Crippen LogP contribution in [0.1, 0.15) is 30.3 Å². The van der Waals surface area contributed by atoms with Crippen LogP contribution in [0.2, 0.25) is 0 Å². The van der Waals surface area contributed by atoms with E-state index in [1.54, 1.807) is 36.4 Å². The van der Waals surface area contributed by atoms with Crippen molar-refractivity contribution in [2.45, 2.75) is 38.5 Å². The molecule has 1 heterocycles. The van der Waals surface area contributed by atoms with Crippen molar-refractivity contribution in [3.05, 3.63) is 59.4 Å². The minimum Gasteiger partial charge on any atom is -0.280 e. The van der Waals surface area contributed by atoms with E-state index in [0.717, 1.165) is 35.3 Å². The van der Waals surface area contributed by atoms with Crippen molar-refractivity contribution < 1.29 is 8.42 Å². The molecule has 0 atom stereocenters. The van der Waals surface area contributed by atoms with E-state index in [9.17, 15) is 8.42 Å². The molecular formula is C19H21N3O2S. The molecular weight excluding hydrogens is 334 g/mol. The Labute approximate surface area is 148 Å². The predicted molar refractivity (Wildman–Crippen MR) is 100 cm³/mol. The fraction of sp³-hybridized carbons (Fsp3) is 0.263. The summed E-state index contributed by atoms with van der Waals surface area (Å²) < 4.78 is 28.0. The number of hydrogen-bond acceptors (Lipinski definition) is 4. The molecule has 3 rings (SSSR count). The number of aryl methyl sites for hydroxylation is 3. The maximum Gasteiger partial charge on any atom is 0.261 e. The average molecular weight is 355 g/mol. The lowest BCUT2D eigenvalue weighted by Gasteiger charge is -2.10. The largest absolute Gasteiger partial charge is 0.280 e. The summed E-state index contributed by atoms with van der Waals surface area (Å²) in [6, 6.07) is 12.2. The molecule has 0 fully saturated rings. The molecule has 0 saturated heterocycles. The normalized spacial score (nSPS) is 11.6. The molecule has 5 nitrogen and oxygen atoms in total. The van der Waals surface area contributed by atoms with E-state index in [1.165, 1.54) is 0 Å². The van der Waals surface area contributed by atoms with Crippen molar-refractivity contribution in [3.63, 3.8) is 0 Å². The second-order valence-corrected chi connectivity index (χ2v) is 7.78. The van der Waals surface area contributed by atoms with E-state index in [0.29, 0.717) is 11.2 Å². The molecule has 130 valence electrons. The van der Waals surface area contributed by atoms with Gasteiger partial charge in [-0.05, 0) is 56.2 Å². The minimum absolute atomic E-state index is 0.268. The summed E-state index contributed by atoms with van der Waals surface area (Å²) in [5.41, 5.74) is 4.61. The Morgan fingerprint density at radius 1 is 0.960 bits per heavy atom. The van der Waals surface area contributed by atoms with Gasteiger partial charge in [-0.3, -0.25) is 4.72 Å². The molecule has 0 aliphatic rings. The molecule has 0 unspecified atom stereocenters. The lowest BCUT2D eigenvalue weighted by Crippen LogP contribution is -2.13. The Bertz CT molecular complexity index is 1030. The number of nitrogens with one attached hydrogen (secondary N) is 1. The van der Waals surface area contributed by atoms with Crippen LogP contribution < -0.4 is 4.72 Å². The molecule has 1 aromatic heterocycles. The highest BCUT2D eigenvalue weighted by molar-refractivity contribution is 7.92. The summed E-state index contributed by atoms with van der Waals surface area (Å²) in [7, 11) is -3.64. The van der Waals surface area contributed by atoms with Gasteiger partial charge in [-0.25, -0.2) is 18.4 Å². The number of anilines is 1. The molecule has 0 aliphatic carbocycles. The van der Waals surface area contributed by atoms with Gasteiger partial charge >= 0.3 is 0 Å². The molecule has 2 aromatic carbocycles. The number of aromatic nitrogens is 2. The van der Waals surface area contributed by atoms with Crippen LogP contribution >= 0.6 is 0 Å². The Kier molecular flexibility index (Phi) is 4.72. The third-order valence-corrected chi connectivity index (χ3v) is 5.45. The fourth-order valence-corrected chi connectivity index (χ4v) is 3.78. The van der Waals surface area contributed by atoms with Gasteiger partial charge in [-0.1, -0.05) is 25.5 Å².